The first kappa shape index (κ1) is 14.4. The van der Waals surface area contributed by atoms with Crippen LogP contribution in [-0.2, 0) is 0 Å². The Hall–Kier alpha value is -1.62. The van der Waals surface area contributed by atoms with E-state index < -0.39 is 0 Å². The average Bonchev–Trinajstić information content (AvgIpc) is 2.84. The van der Waals surface area contributed by atoms with Gasteiger partial charge in [0.1, 0.15) is 5.69 Å². The largest absolute Gasteiger partial charge is 0.356 e. The predicted molar refractivity (Wildman–Crippen MR) is 70.9 cm³/mol. The summed E-state index contributed by atoms with van der Waals surface area (Å²) >= 11 is 0. The molecule has 0 fully saturated rings. The zero-order valence-electron chi connectivity index (χ0n) is 11.2. The van der Waals surface area contributed by atoms with Crippen LogP contribution in [0.2, 0.25) is 0 Å². The highest BCUT2D eigenvalue weighted by Crippen LogP contribution is 2.03. The van der Waals surface area contributed by atoms with Gasteiger partial charge in [-0.3, -0.25) is 9.59 Å². The number of hydrogen-bond acceptors (Lipinski definition) is 3. The molecule has 0 saturated carbocycles. The molecule has 0 atom stereocenters. The molecule has 0 spiro atoms. The second-order valence-electron chi connectivity index (χ2n) is 4.14. The molecule has 0 radical (unpaired) electrons. The molecule has 0 aromatic carbocycles. The molecular formula is C13H21N3O2. The highest BCUT2D eigenvalue weighted by atomic mass is 16.2. The average molecular weight is 251 g/mol. The summed E-state index contributed by atoms with van der Waals surface area (Å²) in [6.07, 6.45) is 1.56. The van der Waals surface area contributed by atoms with E-state index in [1.165, 1.54) is 6.92 Å². The topological polar surface area (TPSA) is 65.2 Å². The van der Waals surface area contributed by atoms with Gasteiger partial charge in [0.25, 0.3) is 5.91 Å². The number of nitrogens with one attached hydrogen (secondary N) is 2. The van der Waals surface area contributed by atoms with Crippen molar-refractivity contribution in [3.8, 4) is 0 Å². The molecule has 1 aromatic rings. The number of Topliss-reactive ketones (excluding diaryl/α,β-unsaturated/α-hetero) is 1. The molecule has 100 valence electrons. The van der Waals surface area contributed by atoms with Crippen molar-refractivity contribution in [3.05, 3.63) is 23.5 Å². The fourth-order valence-electron chi connectivity index (χ4n) is 1.69. The molecule has 5 heteroatoms. The van der Waals surface area contributed by atoms with Crippen molar-refractivity contribution in [2.24, 2.45) is 0 Å². The summed E-state index contributed by atoms with van der Waals surface area (Å²) < 4.78 is 0. The molecule has 0 saturated heterocycles. The molecular weight excluding hydrogens is 230 g/mol. The monoisotopic (exact) mass is 251 g/mol. The van der Waals surface area contributed by atoms with Crippen molar-refractivity contribution < 1.29 is 9.59 Å². The second-order valence-corrected chi connectivity index (χ2v) is 4.14. The first-order valence-corrected chi connectivity index (χ1v) is 6.28. The summed E-state index contributed by atoms with van der Waals surface area (Å²) in [5.41, 5.74) is 0.962. The van der Waals surface area contributed by atoms with Gasteiger partial charge in [-0.2, -0.15) is 0 Å². The van der Waals surface area contributed by atoms with Crippen LogP contribution in [-0.4, -0.2) is 47.8 Å². The van der Waals surface area contributed by atoms with Crippen LogP contribution in [0.5, 0.6) is 0 Å². The summed E-state index contributed by atoms with van der Waals surface area (Å²) in [4.78, 5) is 27.9. The summed E-state index contributed by atoms with van der Waals surface area (Å²) in [5, 5.41) is 2.83. The molecule has 1 aromatic heterocycles. The summed E-state index contributed by atoms with van der Waals surface area (Å²) in [6.45, 7) is 9.05. The smallest absolute Gasteiger partial charge is 0.267 e. The zero-order chi connectivity index (χ0) is 13.5. The Labute approximate surface area is 108 Å². The van der Waals surface area contributed by atoms with Crippen LogP contribution in [0, 0.1) is 0 Å². The Morgan fingerprint density at radius 1 is 1.33 bits per heavy atom. The third-order valence-corrected chi connectivity index (χ3v) is 2.94. The van der Waals surface area contributed by atoms with Crippen molar-refractivity contribution in [3.63, 3.8) is 0 Å². The van der Waals surface area contributed by atoms with Crippen molar-refractivity contribution >= 4 is 11.7 Å². The van der Waals surface area contributed by atoms with Gasteiger partial charge < -0.3 is 15.2 Å². The van der Waals surface area contributed by atoms with E-state index in [1.54, 1.807) is 12.3 Å². The molecule has 0 aliphatic carbocycles. The molecule has 5 nitrogen and oxygen atoms in total. The van der Waals surface area contributed by atoms with Crippen LogP contribution in [0.1, 0.15) is 41.6 Å². The first-order chi connectivity index (χ1) is 8.58. The Balaban J connectivity index is 2.42. The third-order valence-electron chi connectivity index (χ3n) is 2.94. The van der Waals surface area contributed by atoms with Gasteiger partial charge in [-0.05, 0) is 26.1 Å². The minimum atomic E-state index is -0.172. The standard InChI is InChI=1S/C13H21N3O2/c1-4-16(5-2)7-6-14-13(18)12-8-11(9-15-12)10(3)17/h8-9,15H,4-7H2,1-3H3,(H,14,18). The first-order valence-electron chi connectivity index (χ1n) is 6.28. The number of rotatable bonds is 7. The lowest BCUT2D eigenvalue weighted by molar-refractivity contribution is 0.0944. The number of aromatic amines is 1. The van der Waals surface area contributed by atoms with E-state index in [9.17, 15) is 9.59 Å². The Kier molecular flexibility index (Phi) is 5.58. The van der Waals surface area contributed by atoms with Gasteiger partial charge in [0.15, 0.2) is 5.78 Å². The SMILES string of the molecule is CCN(CC)CCNC(=O)c1cc(C(C)=O)c[nH]1. The van der Waals surface area contributed by atoms with Gasteiger partial charge in [-0.25, -0.2) is 0 Å². The van der Waals surface area contributed by atoms with E-state index in [1.807, 2.05) is 0 Å². The Bertz CT molecular complexity index is 408. The number of aromatic nitrogens is 1. The van der Waals surface area contributed by atoms with Crippen LogP contribution >= 0.6 is 0 Å². The quantitative estimate of drug-likeness (QED) is 0.718. The van der Waals surface area contributed by atoms with Crippen LogP contribution in [0.3, 0.4) is 0 Å². The molecule has 1 heterocycles. The van der Waals surface area contributed by atoms with Crippen molar-refractivity contribution in [2.75, 3.05) is 26.2 Å². The summed E-state index contributed by atoms with van der Waals surface area (Å²) in [5.74, 6) is -0.219. The Morgan fingerprint density at radius 2 is 2.00 bits per heavy atom. The van der Waals surface area contributed by atoms with E-state index >= 15 is 0 Å². The minimum Gasteiger partial charge on any atom is -0.356 e. The van der Waals surface area contributed by atoms with Crippen LogP contribution in [0.25, 0.3) is 0 Å². The molecule has 1 rings (SSSR count). The highest BCUT2D eigenvalue weighted by molar-refractivity contribution is 5.99. The second kappa shape index (κ2) is 6.96. The lowest BCUT2D eigenvalue weighted by atomic mass is 10.2. The van der Waals surface area contributed by atoms with Crippen LogP contribution < -0.4 is 5.32 Å². The fourth-order valence-corrected chi connectivity index (χ4v) is 1.69. The van der Waals surface area contributed by atoms with Gasteiger partial charge in [0, 0.05) is 24.8 Å². The van der Waals surface area contributed by atoms with E-state index in [2.05, 4.69) is 29.0 Å². The van der Waals surface area contributed by atoms with Crippen LogP contribution in [0.15, 0.2) is 12.3 Å². The van der Waals surface area contributed by atoms with Gasteiger partial charge in [-0.15, -0.1) is 0 Å². The van der Waals surface area contributed by atoms with Crippen LogP contribution in [0.4, 0.5) is 0 Å². The zero-order valence-corrected chi connectivity index (χ0v) is 11.2. The number of H-pyrrole nitrogens is 1. The molecule has 2 N–H and O–H groups in total. The maximum Gasteiger partial charge on any atom is 0.267 e. The molecule has 0 unspecified atom stereocenters. The molecule has 0 bridgehead atoms. The summed E-state index contributed by atoms with van der Waals surface area (Å²) in [7, 11) is 0. The number of carbonyl (C=O) groups excluding carboxylic acids is 2. The Morgan fingerprint density at radius 3 is 2.50 bits per heavy atom. The van der Waals surface area contributed by atoms with Crippen molar-refractivity contribution in [1.82, 2.24) is 15.2 Å². The van der Waals surface area contributed by atoms with Crippen molar-refractivity contribution in [1.29, 1.82) is 0 Å². The third kappa shape index (κ3) is 4.00. The maximum atomic E-state index is 11.8. The number of nitrogens with zero attached hydrogens (tertiary/aromatic N) is 1. The lowest BCUT2D eigenvalue weighted by Gasteiger charge is -2.17. The highest BCUT2D eigenvalue weighted by Gasteiger charge is 2.10. The summed E-state index contributed by atoms with van der Waals surface area (Å²) in [6, 6.07) is 1.58. The normalized spacial score (nSPS) is 10.7. The maximum absolute atomic E-state index is 11.8. The molecule has 18 heavy (non-hydrogen) atoms. The predicted octanol–water partition coefficient (Wildman–Crippen LogP) is 1.29. The van der Waals surface area contributed by atoms with Gasteiger partial charge >= 0.3 is 0 Å². The number of ketones is 1. The number of amides is 1. The van der Waals surface area contributed by atoms with Gasteiger partial charge in [-0.1, -0.05) is 13.8 Å². The van der Waals surface area contributed by atoms with E-state index in [-0.39, 0.29) is 11.7 Å². The fraction of sp³-hybridized carbons (Fsp3) is 0.538. The molecule has 0 aliphatic rings. The number of likely N-dealkylation sites (N-methyl/N-ethyl adjacent to an activating group) is 1. The van der Waals surface area contributed by atoms with Gasteiger partial charge in [0.05, 0.1) is 0 Å². The lowest BCUT2D eigenvalue weighted by Crippen LogP contribution is -2.34. The number of hydrogen-bond donors (Lipinski definition) is 2. The van der Waals surface area contributed by atoms with Gasteiger partial charge in [0.2, 0.25) is 0 Å². The minimum absolute atomic E-state index is 0.0477. The van der Waals surface area contributed by atoms with Crippen molar-refractivity contribution in [2.45, 2.75) is 20.8 Å². The number of carbonyl (C=O) groups is 2. The molecule has 1 amide bonds. The van der Waals surface area contributed by atoms with E-state index in [0.717, 1.165) is 19.6 Å². The van der Waals surface area contributed by atoms with E-state index in [0.29, 0.717) is 17.8 Å². The molecule has 0 aliphatic heterocycles. The van der Waals surface area contributed by atoms with E-state index in [4.69, 9.17) is 0 Å².